The molecule has 82 valence electrons. The molecule has 4 atom stereocenters. The zero-order valence-electron chi connectivity index (χ0n) is 7.92. The Bertz CT molecular complexity index is 210. The molecule has 0 aromatic heterocycles. The summed E-state index contributed by atoms with van der Waals surface area (Å²) in [6.45, 7) is -0.346. The maximum atomic E-state index is 10.9. The Morgan fingerprint density at radius 1 is 1.71 bits per heavy atom. The van der Waals surface area contributed by atoms with Crippen molar-refractivity contribution in [2.45, 2.75) is 30.8 Å². The van der Waals surface area contributed by atoms with Crippen LogP contribution in [0.15, 0.2) is 0 Å². The monoisotopic (exact) mass is 205 g/mol. The molecule has 0 saturated carbocycles. The molecule has 0 aromatic rings. The summed E-state index contributed by atoms with van der Waals surface area (Å²) in [5.74, 6) is -0.651. The standard InChI is InChI=1S/C8H15NO5/c1-13-5-2-4(11)6(3-10)14-7(5)8(9)12/h4-7,10-11H,2-3H2,1H3,(H2,9,12). The van der Waals surface area contributed by atoms with E-state index >= 15 is 0 Å². The predicted octanol–water partition coefficient (Wildman–Crippen LogP) is -2.00. The highest BCUT2D eigenvalue weighted by molar-refractivity contribution is 5.79. The Morgan fingerprint density at radius 2 is 2.36 bits per heavy atom. The molecule has 0 aromatic carbocycles. The molecule has 1 amide bonds. The van der Waals surface area contributed by atoms with Crippen molar-refractivity contribution in [3.8, 4) is 0 Å². The molecule has 14 heavy (non-hydrogen) atoms. The minimum absolute atomic E-state index is 0.231. The zero-order chi connectivity index (χ0) is 10.7. The highest BCUT2D eigenvalue weighted by atomic mass is 16.6. The lowest BCUT2D eigenvalue weighted by Gasteiger charge is -2.36. The van der Waals surface area contributed by atoms with Gasteiger partial charge in [0.05, 0.1) is 18.8 Å². The number of nitrogens with two attached hydrogens (primary N) is 1. The van der Waals surface area contributed by atoms with Crippen molar-refractivity contribution in [3.05, 3.63) is 0 Å². The third kappa shape index (κ3) is 2.21. The number of hydrogen-bond donors (Lipinski definition) is 3. The van der Waals surface area contributed by atoms with Crippen molar-refractivity contribution in [2.24, 2.45) is 5.73 Å². The molecule has 4 N–H and O–H groups in total. The molecule has 6 heteroatoms. The third-order valence-corrected chi connectivity index (χ3v) is 2.33. The van der Waals surface area contributed by atoms with Crippen molar-refractivity contribution in [1.29, 1.82) is 0 Å². The van der Waals surface area contributed by atoms with E-state index in [0.29, 0.717) is 0 Å². The van der Waals surface area contributed by atoms with Gasteiger partial charge in [0, 0.05) is 13.5 Å². The third-order valence-electron chi connectivity index (χ3n) is 2.33. The molecule has 1 aliphatic heterocycles. The van der Waals surface area contributed by atoms with Crippen LogP contribution in [0, 0.1) is 0 Å². The Hall–Kier alpha value is -0.690. The Balaban J connectivity index is 2.68. The number of hydrogen-bond acceptors (Lipinski definition) is 5. The number of carbonyl (C=O) groups is 1. The Labute approximate surface area is 81.6 Å². The van der Waals surface area contributed by atoms with Crippen LogP contribution >= 0.6 is 0 Å². The molecule has 1 aliphatic rings. The van der Waals surface area contributed by atoms with Gasteiger partial charge >= 0.3 is 0 Å². The van der Waals surface area contributed by atoms with Crippen molar-refractivity contribution in [1.82, 2.24) is 0 Å². The zero-order valence-corrected chi connectivity index (χ0v) is 7.92. The molecule has 0 radical (unpaired) electrons. The number of carbonyl (C=O) groups excluding carboxylic acids is 1. The van der Waals surface area contributed by atoms with Crippen molar-refractivity contribution in [3.63, 3.8) is 0 Å². The summed E-state index contributed by atoms with van der Waals surface area (Å²) in [5.41, 5.74) is 5.09. The number of amides is 1. The average Bonchev–Trinajstić information content (AvgIpc) is 2.16. The minimum atomic E-state index is -0.902. The van der Waals surface area contributed by atoms with Gasteiger partial charge in [-0.2, -0.15) is 0 Å². The number of aliphatic hydroxyl groups is 2. The fraction of sp³-hybridized carbons (Fsp3) is 0.875. The lowest BCUT2D eigenvalue weighted by molar-refractivity contribution is -0.190. The number of ether oxygens (including phenoxy) is 2. The van der Waals surface area contributed by atoms with E-state index in [-0.39, 0.29) is 13.0 Å². The van der Waals surface area contributed by atoms with Gasteiger partial charge in [-0.25, -0.2) is 0 Å². The second-order valence-electron chi connectivity index (χ2n) is 3.26. The van der Waals surface area contributed by atoms with E-state index in [4.69, 9.17) is 20.3 Å². The molecule has 0 bridgehead atoms. The predicted molar refractivity (Wildman–Crippen MR) is 46.4 cm³/mol. The van der Waals surface area contributed by atoms with Crippen LogP contribution in [0.1, 0.15) is 6.42 Å². The largest absolute Gasteiger partial charge is 0.394 e. The van der Waals surface area contributed by atoms with E-state index in [1.807, 2.05) is 0 Å². The molecule has 1 saturated heterocycles. The molecule has 4 unspecified atom stereocenters. The second kappa shape index (κ2) is 4.70. The van der Waals surface area contributed by atoms with Crippen molar-refractivity contribution >= 4 is 5.91 Å². The van der Waals surface area contributed by atoms with Gasteiger partial charge in [-0.1, -0.05) is 0 Å². The minimum Gasteiger partial charge on any atom is -0.394 e. The maximum absolute atomic E-state index is 10.9. The first-order chi connectivity index (χ1) is 6.60. The first-order valence-corrected chi connectivity index (χ1v) is 4.36. The fourth-order valence-electron chi connectivity index (χ4n) is 1.51. The highest BCUT2D eigenvalue weighted by Gasteiger charge is 2.39. The number of rotatable bonds is 3. The number of primary amides is 1. The summed E-state index contributed by atoms with van der Waals surface area (Å²) in [4.78, 5) is 10.9. The van der Waals surface area contributed by atoms with E-state index in [9.17, 15) is 9.90 Å². The quantitative estimate of drug-likeness (QED) is 0.494. The summed E-state index contributed by atoms with van der Waals surface area (Å²) in [7, 11) is 1.41. The van der Waals surface area contributed by atoms with Crippen LogP contribution in [-0.4, -0.2) is 54.3 Å². The highest BCUT2D eigenvalue weighted by Crippen LogP contribution is 2.21. The fourth-order valence-corrected chi connectivity index (χ4v) is 1.51. The van der Waals surface area contributed by atoms with Gasteiger partial charge < -0.3 is 25.4 Å². The van der Waals surface area contributed by atoms with Gasteiger partial charge in [-0.3, -0.25) is 4.79 Å². The Morgan fingerprint density at radius 3 is 2.79 bits per heavy atom. The van der Waals surface area contributed by atoms with Crippen molar-refractivity contribution in [2.75, 3.05) is 13.7 Å². The summed E-state index contributed by atoms with van der Waals surface area (Å²) in [5, 5.41) is 18.3. The summed E-state index contributed by atoms with van der Waals surface area (Å²) in [6, 6.07) is 0. The van der Waals surface area contributed by atoms with Crippen LogP contribution in [0.25, 0.3) is 0 Å². The van der Waals surface area contributed by atoms with E-state index in [1.165, 1.54) is 7.11 Å². The van der Waals surface area contributed by atoms with Crippen LogP contribution < -0.4 is 5.73 Å². The summed E-state index contributed by atoms with van der Waals surface area (Å²) < 4.78 is 10.1. The molecule has 1 fully saturated rings. The van der Waals surface area contributed by atoms with Gasteiger partial charge in [0.15, 0.2) is 6.10 Å². The van der Waals surface area contributed by atoms with Crippen LogP contribution in [0.5, 0.6) is 0 Å². The van der Waals surface area contributed by atoms with E-state index in [2.05, 4.69) is 0 Å². The summed E-state index contributed by atoms with van der Waals surface area (Å²) >= 11 is 0. The van der Waals surface area contributed by atoms with Crippen LogP contribution in [0.4, 0.5) is 0 Å². The molecular weight excluding hydrogens is 190 g/mol. The van der Waals surface area contributed by atoms with E-state index < -0.39 is 30.3 Å². The van der Waals surface area contributed by atoms with Gasteiger partial charge in [0.2, 0.25) is 5.91 Å². The first kappa shape index (κ1) is 11.4. The normalized spacial score (nSPS) is 38.2. The van der Waals surface area contributed by atoms with Gasteiger partial charge in [0.25, 0.3) is 0 Å². The molecule has 1 rings (SSSR count). The Kier molecular flexibility index (Phi) is 3.82. The van der Waals surface area contributed by atoms with E-state index in [1.54, 1.807) is 0 Å². The molecule has 1 heterocycles. The van der Waals surface area contributed by atoms with Crippen LogP contribution in [0.2, 0.25) is 0 Å². The topological polar surface area (TPSA) is 102 Å². The van der Waals surface area contributed by atoms with E-state index in [0.717, 1.165) is 0 Å². The van der Waals surface area contributed by atoms with Crippen molar-refractivity contribution < 1.29 is 24.5 Å². The number of methoxy groups -OCH3 is 1. The average molecular weight is 205 g/mol. The molecule has 0 aliphatic carbocycles. The lowest BCUT2D eigenvalue weighted by atomic mass is 9.98. The summed E-state index contributed by atoms with van der Waals surface area (Å²) in [6.07, 6.45) is -2.82. The molecule has 0 spiro atoms. The van der Waals surface area contributed by atoms with Gasteiger partial charge in [-0.15, -0.1) is 0 Å². The SMILES string of the molecule is COC1CC(O)C(CO)OC1C(N)=O. The maximum Gasteiger partial charge on any atom is 0.249 e. The van der Waals surface area contributed by atoms with Gasteiger partial charge in [-0.05, 0) is 0 Å². The molecular formula is C8H15NO5. The first-order valence-electron chi connectivity index (χ1n) is 4.36. The lowest BCUT2D eigenvalue weighted by Crippen LogP contribution is -2.54. The van der Waals surface area contributed by atoms with Gasteiger partial charge in [0.1, 0.15) is 6.10 Å². The smallest absolute Gasteiger partial charge is 0.249 e. The molecule has 6 nitrogen and oxygen atoms in total. The number of aliphatic hydroxyl groups excluding tert-OH is 2. The van der Waals surface area contributed by atoms with Crippen LogP contribution in [-0.2, 0) is 14.3 Å². The second-order valence-corrected chi connectivity index (χ2v) is 3.26. The van der Waals surface area contributed by atoms with Crippen LogP contribution in [0.3, 0.4) is 0 Å².